The molecule has 1 amide bonds. The number of fused-ring (bicyclic) bond motifs is 1. The van der Waals surface area contributed by atoms with Crippen molar-refractivity contribution in [2.45, 2.75) is 44.2 Å². The highest BCUT2D eigenvalue weighted by Crippen LogP contribution is 2.46. The van der Waals surface area contributed by atoms with Crippen molar-refractivity contribution in [3.63, 3.8) is 0 Å². The van der Waals surface area contributed by atoms with Crippen LogP contribution < -0.4 is 5.32 Å². The summed E-state index contributed by atoms with van der Waals surface area (Å²) in [7, 11) is 0. The summed E-state index contributed by atoms with van der Waals surface area (Å²) >= 11 is 6.28. The van der Waals surface area contributed by atoms with Crippen LogP contribution in [-0.2, 0) is 9.59 Å². The van der Waals surface area contributed by atoms with Crippen LogP contribution in [0, 0.1) is 11.8 Å². The predicted octanol–water partition coefficient (Wildman–Crippen LogP) is 6.78. The van der Waals surface area contributed by atoms with E-state index in [1.807, 2.05) is 0 Å². The summed E-state index contributed by atoms with van der Waals surface area (Å²) in [4.78, 5) is 28.9. The minimum Gasteiger partial charge on any atom is -0.481 e. The molecule has 35 heavy (non-hydrogen) atoms. The Morgan fingerprint density at radius 2 is 1.86 bits per heavy atom. The molecule has 4 rings (SSSR count). The average Bonchev–Trinajstić information content (AvgIpc) is 3.64. The van der Waals surface area contributed by atoms with Gasteiger partial charge in [-0.1, -0.05) is 42.8 Å². The topological polar surface area (TPSA) is 79.3 Å². The summed E-state index contributed by atoms with van der Waals surface area (Å²) in [6, 6.07) is 13.3. The average molecular weight is 505 g/mol. The molecule has 0 spiro atoms. The van der Waals surface area contributed by atoms with Crippen LogP contribution in [0.5, 0.6) is 0 Å². The molecule has 1 aliphatic carbocycles. The molecule has 2 N–H and O–H groups in total. The molecule has 1 heterocycles. The molecule has 0 saturated heterocycles. The Kier molecular flexibility index (Phi) is 7.03. The van der Waals surface area contributed by atoms with E-state index >= 15 is 0 Å². The number of benzene rings is 2. The minimum atomic E-state index is -4.63. The summed E-state index contributed by atoms with van der Waals surface area (Å²) in [6.07, 6.45) is -1.60. The molecule has 9 heteroatoms. The number of aromatic nitrogens is 1. The van der Waals surface area contributed by atoms with Crippen molar-refractivity contribution in [1.82, 2.24) is 4.98 Å². The van der Waals surface area contributed by atoms with E-state index in [1.54, 1.807) is 42.5 Å². The highest BCUT2D eigenvalue weighted by molar-refractivity contribution is 6.33. The van der Waals surface area contributed by atoms with Crippen molar-refractivity contribution >= 4 is 40.1 Å². The van der Waals surface area contributed by atoms with E-state index in [4.69, 9.17) is 11.6 Å². The molecule has 1 unspecified atom stereocenters. The van der Waals surface area contributed by atoms with Gasteiger partial charge in [0, 0.05) is 11.6 Å². The Balaban J connectivity index is 1.68. The van der Waals surface area contributed by atoms with Crippen LogP contribution in [0.15, 0.2) is 54.7 Å². The fraction of sp³-hybridized carbons (Fsp3) is 0.346. The fourth-order valence-electron chi connectivity index (χ4n) is 4.44. The number of carboxylic acid groups (broad SMARTS) is 1. The second-order valence-corrected chi connectivity index (χ2v) is 9.45. The minimum absolute atomic E-state index is 0.0732. The van der Waals surface area contributed by atoms with E-state index < -0.39 is 29.9 Å². The van der Waals surface area contributed by atoms with Crippen LogP contribution in [0.4, 0.5) is 18.9 Å². The number of hydrogen-bond donors (Lipinski definition) is 2. The van der Waals surface area contributed by atoms with Crippen LogP contribution in [-0.4, -0.2) is 28.1 Å². The SMILES string of the molecule is C[C@H](C(C(=O)Nc1cc([C@@H](CC(=O)O)C2CC2)ccc1Cl)c1cnc2ccccc2c1)C(F)(F)F. The largest absolute Gasteiger partial charge is 0.481 e. The molecule has 1 saturated carbocycles. The van der Waals surface area contributed by atoms with Crippen molar-refractivity contribution in [1.29, 1.82) is 0 Å². The summed E-state index contributed by atoms with van der Waals surface area (Å²) in [6.45, 7) is 0.966. The van der Waals surface area contributed by atoms with Gasteiger partial charge < -0.3 is 10.4 Å². The summed E-state index contributed by atoms with van der Waals surface area (Å²) in [5.74, 6) is -5.39. The molecule has 3 atom stereocenters. The number of carbonyl (C=O) groups excluding carboxylic acids is 1. The number of nitrogens with one attached hydrogen (secondary N) is 1. The van der Waals surface area contributed by atoms with E-state index in [1.165, 1.54) is 12.3 Å². The summed E-state index contributed by atoms with van der Waals surface area (Å²) in [5.41, 5.74) is 1.58. The van der Waals surface area contributed by atoms with Gasteiger partial charge >= 0.3 is 12.1 Å². The second kappa shape index (κ2) is 9.85. The summed E-state index contributed by atoms with van der Waals surface area (Å²) < 4.78 is 41.3. The van der Waals surface area contributed by atoms with E-state index in [0.29, 0.717) is 16.5 Å². The molecule has 5 nitrogen and oxygen atoms in total. The maximum atomic E-state index is 13.8. The standard InChI is InChI=1S/C26H24ClF3N2O3/c1-14(26(28,29)30)24(18-10-17-4-2-3-5-21(17)31-13-18)25(35)32-22-11-16(8-9-20(22)27)19(12-23(33)34)15-6-7-15/h2-5,8-11,13-15,19,24H,6-7,12H2,1H3,(H,32,35)(H,33,34)/t14-,19+,24?/m1/s1. The van der Waals surface area contributed by atoms with Crippen LogP contribution in [0.25, 0.3) is 10.9 Å². The van der Waals surface area contributed by atoms with Crippen molar-refractivity contribution in [2.75, 3.05) is 5.32 Å². The van der Waals surface area contributed by atoms with Gasteiger partial charge in [0.25, 0.3) is 0 Å². The number of amides is 1. The van der Waals surface area contributed by atoms with E-state index in [9.17, 15) is 27.9 Å². The third kappa shape index (κ3) is 5.75. The zero-order chi connectivity index (χ0) is 25.3. The zero-order valence-electron chi connectivity index (χ0n) is 18.8. The van der Waals surface area contributed by atoms with E-state index in [0.717, 1.165) is 19.8 Å². The van der Waals surface area contributed by atoms with Gasteiger partial charge in [0.1, 0.15) is 0 Å². The Morgan fingerprint density at radius 3 is 2.51 bits per heavy atom. The van der Waals surface area contributed by atoms with Crippen LogP contribution in [0.1, 0.15) is 49.1 Å². The summed E-state index contributed by atoms with van der Waals surface area (Å²) in [5, 5.41) is 12.6. The van der Waals surface area contributed by atoms with Gasteiger partial charge in [0.2, 0.25) is 5.91 Å². The first-order chi connectivity index (χ1) is 16.5. The zero-order valence-corrected chi connectivity index (χ0v) is 19.6. The molecule has 1 aromatic heterocycles. The Morgan fingerprint density at radius 1 is 1.14 bits per heavy atom. The Hall–Kier alpha value is -3.13. The van der Waals surface area contributed by atoms with Gasteiger partial charge in [-0.15, -0.1) is 0 Å². The van der Waals surface area contributed by atoms with Crippen LogP contribution in [0.2, 0.25) is 5.02 Å². The van der Waals surface area contributed by atoms with Gasteiger partial charge in [-0.3, -0.25) is 14.6 Å². The molecule has 0 radical (unpaired) electrons. The number of nitrogens with zero attached hydrogens (tertiary/aromatic N) is 1. The number of hydrogen-bond acceptors (Lipinski definition) is 3. The van der Waals surface area contributed by atoms with E-state index in [-0.39, 0.29) is 34.5 Å². The number of alkyl halides is 3. The maximum absolute atomic E-state index is 13.8. The molecule has 3 aromatic rings. The fourth-order valence-corrected chi connectivity index (χ4v) is 4.60. The first-order valence-corrected chi connectivity index (χ1v) is 11.7. The molecule has 0 aliphatic heterocycles. The van der Waals surface area contributed by atoms with Crippen molar-refractivity contribution in [3.8, 4) is 0 Å². The van der Waals surface area contributed by atoms with Gasteiger partial charge in [0.05, 0.1) is 34.5 Å². The number of anilines is 1. The molecular weight excluding hydrogens is 481 g/mol. The van der Waals surface area contributed by atoms with Crippen LogP contribution in [0.3, 0.4) is 0 Å². The number of carbonyl (C=O) groups is 2. The molecule has 184 valence electrons. The monoisotopic (exact) mass is 504 g/mol. The normalized spacial score (nSPS) is 16.5. The lowest BCUT2D eigenvalue weighted by Gasteiger charge is -2.26. The lowest BCUT2D eigenvalue weighted by Crippen LogP contribution is -2.34. The van der Waals surface area contributed by atoms with Gasteiger partial charge in [0.15, 0.2) is 0 Å². The van der Waals surface area contributed by atoms with Gasteiger partial charge in [-0.25, -0.2) is 0 Å². The predicted molar refractivity (Wildman–Crippen MR) is 128 cm³/mol. The molecule has 1 fully saturated rings. The molecule has 2 aromatic carbocycles. The van der Waals surface area contributed by atoms with Crippen LogP contribution >= 0.6 is 11.6 Å². The smallest absolute Gasteiger partial charge is 0.392 e. The molecule has 0 bridgehead atoms. The third-order valence-electron chi connectivity index (χ3n) is 6.53. The van der Waals surface area contributed by atoms with Crippen molar-refractivity contribution < 1.29 is 27.9 Å². The number of halogens is 4. The highest BCUT2D eigenvalue weighted by atomic mass is 35.5. The quantitative estimate of drug-likeness (QED) is 0.354. The van der Waals surface area contributed by atoms with Gasteiger partial charge in [-0.05, 0) is 60.1 Å². The first-order valence-electron chi connectivity index (χ1n) is 11.3. The van der Waals surface area contributed by atoms with Crippen molar-refractivity contribution in [2.24, 2.45) is 11.8 Å². The number of aliphatic carboxylic acids is 1. The van der Waals surface area contributed by atoms with Gasteiger partial charge in [-0.2, -0.15) is 13.2 Å². The number of rotatable bonds is 8. The molecule has 1 aliphatic rings. The maximum Gasteiger partial charge on any atom is 0.392 e. The second-order valence-electron chi connectivity index (χ2n) is 9.04. The number of carboxylic acids is 1. The Bertz CT molecular complexity index is 1260. The van der Waals surface area contributed by atoms with Crippen molar-refractivity contribution in [3.05, 3.63) is 70.9 Å². The van der Waals surface area contributed by atoms with E-state index in [2.05, 4.69) is 10.3 Å². The molecular formula is C26H24ClF3N2O3. The Labute approximate surface area is 205 Å². The highest BCUT2D eigenvalue weighted by Gasteiger charge is 2.45. The lowest BCUT2D eigenvalue weighted by molar-refractivity contribution is -0.178. The first kappa shape index (κ1) is 25.0. The third-order valence-corrected chi connectivity index (χ3v) is 6.86. The number of para-hydroxylation sites is 1. The lowest BCUT2D eigenvalue weighted by atomic mass is 9.86. The number of pyridine rings is 1.